The summed E-state index contributed by atoms with van der Waals surface area (Å²) in [5.74, 6) is 1.15. The van der Waals surface area contributed by atoms with Crippen LogP contribution in [0, 0.1) is 0 Å². The zero-order chi connectivity index (χ0) is 23.8. The Balaban J connectivity index is 1.57. The molecule has 4 rings (SSSR count). The van der Waals surface area contributed by atoms with E-state index < -0.39 is 13.2 Å². The van der Waals surface area contributed by atoms with Crippen molar-refractivity contribution in [3.05, 3.63) is 35.4 Å². The molecule has 33 heavy (non-hydrogen) atoms. The Morgan fingerprint density at radius 3 is 2.79 bits per heavy atom. The highest BCUT2D eigenvalue weighted by molar-refractivity contribution is 6.45. The van der Waals surface area contributed by atoms with Gasteiger partial charge in [0.25, 0.3) is 0 Å². The predicted octanol–water partition coefficient (Wildman–Crippen LogP) is 4.05. The maximum Gasteiger partial charge on any atom is 0.377 e. The number of nitrogens with zero attached hydrogens (tertiary/aromatic N) is 4. The van der Waals surface area contributed by atoms with Crippen LogP contribution in [0.2, 0.25) is 11.8 Å². The molecule has 178 valence electrons. The van der Waals surface area contributed by atoms with Crippen molar-refractivity contribution in [1.29, 1.82) is 0 Å². The number of aromatic nitrogens is 2. The molecule has 1 aromatic heterocycles. The van der Waals surface area contributed by atoms with Gasteiger partial charge in [0.1, 0.15) is 11.9 Å². The van der Waals surface area contributed by atoms with Gasteiger partial charge in [-0.25, -0.2) is 4.39 Å². The van der Waals surface area contributed by atoms with Crippen LogP contribution in [0.25, 0.3) is 11.3 Å². The number of rotatable bonds is 7. The van der Waals surface area contributed by atoms with E-state index in [2.05, 4.69) is 17.1 Å². The molecule has 0 aliphatic carbocycles. The number of halogens is 2. The fourth-order valence-electron chi connectivity index (χ4n) is 5.56. The topological polar surface area (TPSA) is 71.0 Å². The fraction of sp³-hybridized carbons (Fsp3) is 0.565. The van der Waals surface area contributed by atoms with E-state index in [-0.39, 0.29) is 24.4 Å². The zero-order valence-electron chi connectivity index (χ0n) is 19.5. The highest BCUT2D eigenvalue weighted by atomic mass is 35.5. The number of hydrogen-bond donors (Lipinski definition) is 1. The molecule has 1 unspecified atom stereocenters. The Morgan fingerprint density at radius 1 is 1.33 bits per heavy atom. The van der Waals surface area contributed by atoms with Gasteiger partial charge in [0.15, 0.2) is 12.6 Å². The van der Waals surface area contributed by atoms with E-state index in [1.54, 1.807) is 26.1 Å². The molecule has 0 saturated carbocycles. The summed E-state index contributed by atoms with van der Waals surface area (Å²) < 4.78 is 26.3. The molecule has 1 aromatic carbocycles. The third-order valence-corrected chi connectivity index (χ3v) is 7.28. The highest BCUT2D eigenvalue weighted by Crippen LogP contribution is 2.45. The van der Waals surface area contributed by atoms with Gasteiger partial charge in [-0.3, -0.25) is 0 Å². The largest absolute Gasteiger partial charge is 0.467 e. The summed E-state index contributed by atoms with van der Waals surface area (Å²) in [4.78, 5) is 3.87. The average molecular weight is 477 g/mol. The number of methoxy groups -OCH3 is 1. The molecule has 1 N–H and O–H groups in total. The summed E-state index contributed by atoms with van der Waals surface area (Å²) in [5, 5.41) is 19.7. The van der Waals surface area contributed by atoms with Gasteiger partial charge in [0, 0.05) is 36.3 Å². The van der Waals surface area contributed by atoms with Crippen molar-refractivity contribution in [2.75, 3.05) is 25.9 Å². The SMILES string of the molecule is COCOc1cc(Cl)ccc1-c1ccc(N(C)[C@H]2C[C@]3(C)CCCC([C@H]2F)N3B(C)O)nn1. The first-order chi connectivity index (χ1) is 15.7. The Hall–Kier alpha value is -1.94. The Kier molecular flexibility index (Phi) is 7.14. The van der Waals surface area contributed by atoms with Crippen molar-refractivity contribution in [3.8, 4) is 17.0 Å². The zero-order valence-corrected chi connectivity index (χ0v) is 20.3. The summed E-state index contributed by atoms with van der Waals surface area (Å²) in [7, 11) is 2.75. The highest BCUT2D eigenvalue weighted by Gasteiger charge is 2.54. The van der Waals surface area contributed by atoms with Gasteiger partial charge < -0.3 is 24.2 Å². The summed E-state index contributed by atoms with van der Waals surface area (Å²) >= 11 is 6.11. The number of piperidine rings is 2. The summed E-state index contributed by atoms with van der Waals surface area (Å²) in [5.41, 5.74) is 1.12. The number of alkyl halides is 1. The van der Waals surface area contributed by atoms with E-state index in [9.17, 15) is 5.02 Å². The van der Waals surface area contributed by atoms with Gasteiger partial charge in [-0.1, -0.05) is 18.0 Å². The number of ether oxygens (including phenoxy) is 2. The molecule has 0 amide bonds. The first-order valence-corrected chi connectivity index (χ1v) is 11.7. The van der Waals surface area contributed by atoms with Gasteiger partial charge in [-0.2, -0.15) is 0 Å². The second-order valence-corrected chi connectivity index (χ2v) is 9.73. The van der Waals surface area contributed by atoms with E-state index in [1.165, 1.54) is 0 Å². The monoisotopic (exact) mass is 476 g/mol. The van der Waals surface area contributed by atoms with Crippen molar-refractivity contribution in [1.82, 2.24) is 15.0 Å². The predicted molar refractivity (Wildman–Crippen MR) is 128 cm³/mol. The minimum absolute atomic E-state index is 0.0879. The number of hydrogen-bond acceptors (Lipinski definition) is 7. The van der Waals surface area contributed by atoms with E-state index in [0.717, 1.165) is 24.8 Å². The third kappa shape index (κ3) is 4.69. The molecule has 2 saturated heterocycles. The summed E-state index contributed by atoms with van der Waals surface area (Å²) in [6.45, 7) is 3.96. The molecule has 7 nitrogen and oxygen atoms in total. The normalized spacial score (nSPS) is 27.3. The van der Waals surface area contributed by atoms with Crippen LogP contribution in [-0.2, 0) is 4.74 Å². The molecule has 2 bridgehead atoms. The molecular formula is C23H31BClFN4O3. The van der Waals surface area contributed by atoms with Crippen molar-refractivity contribution in [2.45, 2.75) is 63.2 Å². The van der Waals surface area contributed by atoms with Crippen LogP contribution in [0.3, 0.4) is 0 Å². The van der Waals surface area contributed by atoms with Crippen molar-refractivity contribution in [2.24, 2.45) is 0 Å². The van der Waals surface area contributed by atoms with Crippen molar-refractivity contribution < 1.29 is 18.9 Å². The van der Waals surface area contributed by atoms with Gasteiger partial charge in [-0.05, 0) is 63.3 Å². The van der Waals surface area contributed by atoms with Gasteiger partial charge >= 0.3 is 7.05 Å². The van der Waals surface area contributed by atoms with Gasteiger partial charge in [-0.15, -0.1) is 10.2 Å². The first-order valence-electron chi connectivity index (χ1n) is 11.3. The molecular weight excluding hydrogens is 446 g/mol. The van der Waals surface area contributed by atoms with Gasteiger partial charge in [0.05, 0.1) is 11.7 Å². The Labute approximate surface area is 200 Å². The van der Waals surface area contributed by atoms with Gasteiger partial charge in [0.2, 0.25) is 0 Å². The van der Waals surface area contributed by atoms with Crippen LogP contribution >= 0.6 is 11.6 Å². The van der Waals surface area contributed by atoms with Crippen LogP contribution in [0.4, 0.5) is 10.2 Å². The lowest BCUT2D eigenvalue weighted by Crippen LogP contribution is -2.71. The van der Waals surface area contributed by atoms with E-state index in [1.807, 2.05) is 35.0 Å². The smallest absolute Gasteiger partial charge is 0.377 e. The molecule has 2 fully saturated rings. The molecule has 10 heteroatoms. The maximum atomic E-state index is 15.7. The van der Waals surface area contributed by atoms with Crippen LogP contribution in [0.15, 0.2) is 30.3 Å². The maximum absolute atomic E-state index is 15.7. The van der Waals surface area contributed by atoms with Crippen molar-refractivity contribution >= 4 is 24.5 Å². The lowest BCUT2D eigenvalue weighted by Gasteiger charge is -2.59. The number of benzene rings is 1. The third-order valence-electron chi connectivity index (χ3n) is 7.04. The molecule has 0 radical (unpaired) electrons. The fourth-order valence-corrected chi connectivity index (χ4v) is 5.72. The van der Waals surface area contributed by atoms with Crippen LogP contribution < -0.4 is 9.64 Å². The van der Waals surface area contributed by atoms with E-state index in [4.69, 9.17) is 21.1 Å². The summed E-state index contributed by atoms with van der Waals surface area (Å²) in [6.07, 6.45) is 2.19. The van der Waals surface area contributed by atoms with Crippen LogP contribution in [0.5, 0.6) is 5.75 Å². The molecule has 2 aliphatic rings. The van der Waals surface area contributed by atoms with Crippen molar-refractivity contribution in [3.63, 3.8) is 0 Å². The van der Waals surface area contributed by atoms with E-state index >= 15 is 4.39 Å². The molecule has 3 heterocycles. The number of fused-ring (bicyclic) bond motifs is 2. The minimum Gasteiger partial charge on any atom is -0.467 e. The molecule has 4 atom stereocenters. The Morgan fingerprint density at radius 2 is 2.12 bits per heavy atom. The van der Waals surface area contributed by atoms with Crippen LogP contribution in [-0.4, -0.2) is 71.8 Å². The lowest BCUT2D eigenvalue weighted by molar-refractivity contribution is -0.0319. The standard InChI is InChI=1S/C23H31BClFN4O3/c1-23-11-5-6-18(30(23)24(2)31)22(26)19(13-23)29(3)21-10-9-17(27-28-21)16-8-7-15(25)12-20(16)33-14-32-4/h7-10,12,18-19,22,31H,5-6,11,13-14H2,1-4H3/t18?,19-,22+,23-/m0/s1. The molecule has 2 aliphatic heterocycles. The average Bonchev–Trinajstić information content (AvgIpc) is 2.79. The lowest BCUT2D eigenvalue weighted by atomic mass is 9.64. The summed E-state index contributed by atoms with van der Waals surface area (Å²) in [6, 6.07) is 8.36. The molecule has 0 spiro atoms. The first kappa shape index (κ1) is 24.2. The second kappa shape index (κ2) is 9.74. The second-order valence-electron chi connectivity index (χ2n) is 9.29. The van der Waals surface area contributed by atoms with E-state index in [0.29, 0.717) is 28.7 Å². The minimum atomic E-state index is -1.09. The quantitative estimate of drug-likeness (QED) is 0.477. The Bertz CT molecular complexity index is 969. The number of anilines is 1. The molecule has 2 aromatic rings. The van der Waals surface area contributed by atoms with Crippen LogP contribution in [0.1, 0.15) is 32.6 Å².